The highest BCUT2D eigenvalue weighted by molar-refractivity contribution is 4.87. The molecule has 0 spiro atoms. The van der Waals surface area contributed by atoms with Crippen molar-refractivity contribution in [1.29, 1.82) is 0 Å². The molecule has 2 unspecified atom stereocenters. The summed E-state index contributed by atoms with van der Waals surface area (Å²) in [6, 6.07) is 0.808. The van der Waals surface area contributed by atoms with Gasteiger partial charge in [0.1, 0.15) is 0 Å². The highest BCUT2D eigenvalue weighted by Crippen LogP contribution is 2.38. The molecule has 2 rings (SSSR count). The zero-order chi connectivity index (χ0) is 13.3. The van der Waals surface area contributed by atoms with Crippen molar-refractivity contribution >= 4 is 0 Å². The van der Waals surface area contributed by atoms with E-state index in [-0.39, 0.29) is 0 Å². The molecule has 1 N–H and O–H groups in total. The van der Waals surface area contributed by atoms with Gasteiger partial charge < -0.3 is 5.32 Å². The molecule has 19 heavy (non-hydrogen) atoms. The lowest BCUT2D eigenvalue weighted by atomic mass is 9.71. The first-order valence-electron chi connectivity index (χ1n) is 8.58. The topological polar surface area (TPSA) is 12.0 Å². The van der Waals surface area contributed by atoms with E-state index in [2.05, 4.69) is 11.2 Å². The van der Waals surface area contributed by atoms with E-state index in [0.29, 0.717) is 0 Å². The minimum absolute atomic E-state index is 0.808. The van der Waals surface area contributed by atoms with Gasteiger partial charge in [-0.25, -0.2) is 0 Å². The highest BCUT2D eigenvalue weighted by atomic mass is 14.9. The van der Waals surface area contributed by atoms with E-state index in [1.165, 1.54) is 77.2 Å². The van der Waals surface area contributed by atoms with Crippen LogP contribution in [-0.2, 0) is 0 Å². The van der Waals surface area contributed by atoms with E-state index in [1.54, 1.807) is 0 Å². The summed E-state index contributed by atoms with van der Waals surface area (Å²) in [5, 5.41) is 3.86. The Labute approximate surface area is 119 Å². The van der Waals surface area contributed by atoms with Gasteiger partial charge in [-0.2, -0.15) is 0 Å². The molecule has 0 bridgehead atoms. The number of terminal acetylenes is 1. The van der Waals surface area contributed by atoms with Gasteiger partial charge in [-0.15, -0.1) is 12.3 Å². The maximum Gasteiger partial charge on any atom is 0.00979 e. The maximum absolute atomic E-state index is 5.30. The fraction of sp³-hybridized carbons (Fsp3) is 0.889. The number of unbranched alkanes of at least 4 members (excludes halogenated alkanes) is 2. The van der Waals surface area contributed by atoms with Gasteiger partial charge in [-0.05, 0) is 44.1 Å². The summed E-state index contributed by atoms with van der Waals surface area (Å²) in [6.45, 7) is 1.18. The van der Waals surface area contributed by atoms with Gasteiger partial charge >= 0.3 is 0 Å². The Morgan fingerprint density at radius 3 is 2.42 bits per heavy atom. The first kappa shape index (κ1) is 14.9. The molecule has 2 saturated carbocycles. The first-order valence-corrected chi connectivity index (χ1v) is 8.58. The Morgan fingerprint density at radius 1 is 0.895 bits per heavy atom. The van der Waals surface area contributed by atoms with Gasteiger partial charge in [0.05, 0.1) is 0 Å². The van der Waals surface area contributed by atoms with Crippen LogP contribution in [0.4, 0.5) is 0 Å². The second-order valence-electron chi connectivity index (χ2n) is 6.57. The SMILES string of the molecule is C#CCCCCNC1CCCCC1C1CCCCC1. The van der Waals surface area contributed by atoms with Gasteiger partial charge in [0, 0.05) is 12.5 Å². The molecule has 0 aliphatic heterocycles. The van der Waals surface area contributed by atoms with Crippen LogP contribution in [0.15, 0.2) is 0 Å². The first-order chi connectivity index (χ1) is 9.42. The van der Waals surface area contributed by atoms with E-state index in [9.17, 15) is 0 Å². The average Bonchev–Trinajstić information content (AvgIpc) is 2.48. The van der Waals surface area contributed by atoms with Crippen molar-refractivity contribution < 1.29 is 0 Å². The third-order valence-electron chi connectivity index (χ3n) is 5.23. The van der Waals surface area contributed by atoms with Crippen LogP contribution in [0.25, 0.3) is 0 Å². The molecule has 0 aromatic heterocycles. The summed E-state index contributed by atoms with van der Waals surface area (Å²) in [5.74, 6) is 4.74. The van der Waals surface area contributed by atoms with E-state index >= 15 is 0 Å². The Bertz CT molecular complexity index is 272. The van der Waals surface area contributed by atoms with Crippen molar-refractivity contribution in [2.45, 2.75) is 83.1 Å². The Balaban J connectivity index is 1.73. The van der Waals surface area contributed by atoms with Crippen LogP contribution in [0, 0.1) is 24.2 Å². The summed E-state index contributed by atoms with van der Waals surface area (Å²) < 4.78 is 0. The van der Waals surface area contributed by atoms with Gasteiger partial charge in [-0.3, -0.25) is 0 Å². The van der Waals surface area contributed by atoms with Crippen LogP contribution in [0.5, 0.6) is 0 Å². The van der Waals surface area contributed by atoms with Crippen LogP contribution in [-0.4, -0.2) is 12.6 Å². The summed E-state index contributed by atoms with van der Waals surface area (Å²) in [6.07, 6.45) is 21.9. The smallest absolute Gasteiger partial charge is 0.00979 e. The fourth-order valence-electron chi connectivity index (χ4n) is 4.18. The Morgan fingerprint density at radius 2 is 1.63 bits per heavy atom. The van der Waals surface area contributed by atoms with Crippen molar-refractivity contribution in [1.82, 2.24) is 5.32 Å². The zero-order valence-electron chi connectivity index (χ0n) is 12.5. The molecule has 2 atom stereocenters. The molecule has 2 aliphatic carbocycles. The molecule has 108 valence electrons. The van der Waals surface area contributed by atoms with Gasteiger partial charge in [0.2, 0.25) is 0 Å². The number of nitrogens with one attached hydrogen (secondary N) is 1. The van der Waals surface area contributed by atoms with Gasteiger partial charge in [0.15, 0.2) is 0 Å². The minimum atomic E-state index is 0.808. The molecule has 2 aliphatic rings. The summed E-state index contributed by atoms with van der Waals surface area (Å²) in [4.78, 5) is 0. The van der Waals surface area contributed by atoms with Crippen LogP contribution in [0.3, 0.4) is 0 Å². The lowest BCUT2D eigenvalue weighted by molar-refractivity contribution is 0.150. The molecule has 1 nitrogen and oxygen atoms in total. The molecular formula is C18H31N. The molecule has 0 radical (unpaired) electrons. The van der Waals surface area contributed by atoms with Crippen molar-refractivity contribution in [2.24, 2.45) is 11.8 Å². The molecule has 0 aromatic carbocycles. The van der Waals surface area contributed by atoms with E-state index in [1.807, 2.05) is 0 Å². The van der Waals surface area contributed by atoms with Crippen molar-refractivity contribution in [3.05, 3.63) is 0 Å². The van der Waals surface area contributed by atoms with Crippen LogP contribution in [0.2, 0.25) is 0 Å². The van der Waals surface area contributed by atoms with Crippen LogP contribution < -0.4 is 5.32 Å². The number of hydrogen-bond acceptors (Lipinski definition) is 1. The standard InChI is InChI=1S/C18H31N/c1-2-3-4-10-15-19-18-14-9-8-13-17(18)16-11-6-5-7-12-16/h1,16-19H,3-15H2. The normalized spacial score (nSPS) is 29.0. The summed E-state index contributed by atoms with van der Waals surface area (Å²) >= 11 is 0. The van der Waals surface area contributed by atoms with Crippen molar-refractivity contribution in [3.8, 4) is 12.3 Å². The lowest BCUT2D eigenvalue weighted by Gasteiger charge is -2.39. The second kappa shape index (κ2) is 8.64. The van der Waals surface area contributed by atoms with Crippen LogP contribution >= 0.6 is 0 Å². The predicted molar refractivity (Wildman–Crippen MR) is 83.0 cm³/mol. The van der Waals surface area contributed by atoms with E-state index < -0.39 is 0 Å². The molecule has 0 amide bonds. The highest BCUT2D eigenvalue weighted by Gasteiger charge is 2.31. The Kier molecular flexibility index (Phi) is 6.79. The third-order valence-corrected chi connectivity index (χ3v) is 5.23. The van der Waals surface area contributed by atoms with Gasteiger partial charge in [-0.1, -0.05) is 44.9 Å². The zero-order valence-corrected chi connectivity index (χ0v) is 12.5. The average molecular weight is 261 g/mol. The van der Waals surface area contributed by atoms with Crippen molar-refractivity contribution in [3.63, 3.8) is 0 Å². The van der Waals surface area contributed by atoms with Gasteiger partial charge in [0.25, 0.3) is 0 Å². The van der Waals surface area contributed by atoms with E-state index in [4.69, 9.17) is 6.42 Å². The number of rotatable bonds is 6. The number of hydrogen-bond donors (Lipinski definition) is 1. The molecule has 0 saturated heterocycles. The maximum atomic E-state index is 5.30. The molecular weight excluding hydrogens is 230 g/mol. The molecule has 0 aromatic rings. The van der Waals surface area contributed by atoms with E-state index in [0.717, 1.165) is 24.3 Å². The Hall–Kier alpha value is -0.480. The molecule has 2 fully saturated rings. The lowest BCUT2D eigenvalue weighted by Crippen LogP contribution is -2.42. The predicted octanol–water partition coefficient (Wildman–Crippen LogP) is 4.52. The summed E-state index contributed by atoms with van der Waals surface area (Å²) in [7, 11) is 0. The molecule has 0 heterocycles. The largest absolute Gasteiger partial charge is 0.314 e. The van der Waals surface area contributed by atoms with Crippen LogP contribution in [0.1, 0.15) is 77.0 Å². The fourth-order valence-corrected chi connectivity index (χ4v) is 4.18. The second-order valence-corrected chi connectivity index (χ2v) is 6.57. The monoisotopic (exact) mass is 261 g/mol. The minimum Gasteiger partial charge on any atom is -0.314 e. The quantitative estimate of drug-likeness (QED) is 0.547. The third kappa shape index (κ3) is 4.84. The van der Waals surface area contributed by atoms with Crippen molar-refractivity contribution in [2.75, 3.05) is 6.54 Å². The molecule has 1 heteroatoms. The summed E-state index contributed by atoms with van der Waals surface area (Å²) in [5.41, 5.74) is 0.